The maximum Gasteiger partial charge on any atom is 0.168 e. The first-order valence-electron chi connectivity index (χ1n) is 7.37. The zero-order valence-corrected chi connectivity index (χ0v) is 10.8. The highest BCUT2D eigenvalue weighted by Crippen LogP contribution is 2.38. The topological polar surface area (TPSA) is 21.7 Å². The predicted molar refractivity (Wildman–Crippen MR) is 66.9 cm³/mol. The summed E-state index contributed by atoms with van der Waals surface area (Å²) in [6.45, 7) is 5.58. The van der Waals surface area contributed by atoms with E-state index < -0.39 is 0 Å². The van der Waals surface area contributed by atoms with Gasteiger partial charge in [-0.15, -0.1) is 0 Å². The van der Waals surface area contributed by atoms with Gasteiger partial charge >= 0.3 is 0 Å². The standard InChI is InChI=1S/C14H25NO2/c1-2-8-15(9-3-1)12-13-4-6-14(7-5-13)16-10-11-17-14/h13H,1-12H2. The van der Waals surface area contributed by atoms with Crippen LogP contribution in [0, 0.1) is 5.92 Å². The van der Waals surface area contributed by atoms with Crippen molar-refractivity contribution in [3.05, 3.63) is 0 Å². The third kappa shape index (κ3) is 2.83. The molecule has 0 bridgehead atoms. The van der Waals surface area contributed by atoms with Gasteiger partial charge in [-0.3, -0.25) is 0 Å². The molecule has 3 heteroatoms. The van der Waals surface area contributed by atoms with Gasteiger partial charge in [0.2, 0.25) is 0 Å². The minimum atomic E-state index is -0.168. The Bertz CT molecular complexity index is 235. The number of ether oxygens (including phenoxy) is 2. The van der Waals surface area contributed by atoms with Crippen LogP contribution in [0.15, 0.2) is 0 Å². The van der Waals surface area contributed by atoms with Crippen LogP contribution in [-0.4, -0.2) is 43.5 Å². The number of hydrogen-bond donors (Lipinski definition) is 0. The highest BCUT2D eigenvalue weighted by Gasteiger charge is 2.40. The van der Waals surface area contributed by atoms with Crippen molar-refractivity contribution in [1.82, 2.24) is 4.90 Å². The molecule has 3 aliphatic rings. The van der Waals surface area contributed by atoms with Crippen molar-refractivity contribution in [3.8, 4) is 0 Å². The Hall–Kier alpha value is -0.120. The van der Waals surface area contributed by atoms with Gasteiger partial charge in [-0.05, 0) is 44.7 Å². The molecule has 1 saturated carbocycles. The van der Waals surface area contributed by atoms with Crippen molar-refractivity contribution in [2.45, 2.75) is 50.7 Å². The third-order valence-electron chi connectivity index (χ3n) is 4.65. The second kappa shape index (κ2) is 5.25. The van der Waals surface area contributed by atoms with E-state index in [1.165, 1.54) is 51.7 Å². The highest BCUT2D eigenvalue weighted by atomic mass is 16.7. The van der Waals surface area contributed by atoms with Gasteiger partial charge in [0.1, 0.15) is 0 Å². The fourth-order valence-electron chi connectivity index (χ4n) is 3.59. The molecule has 1 aliphatic carbocycles. The lowest BCUT2D eigenvalue weighted by Gasteiger charge is -2.38. The van der Waals surface area contributed by atoms with E-state index in [-0.39, 0.29) is 5.79 Å². The second-order valence-corrected chi connectivity index (χ2v) is 5.91. The van der Waals surface area contributed by atoms with E-state index in [1.807, 2.05) is 0 Å². The Morgan fingerprint density at radius 2 is 1.59 bits per heavy atom. The monoisotopic (exact) mass is 239 g/mol. The Kier molecular flexibility index (Phi) is 3.69. The number of nitrogens with zero attached hydrogens (tertiary/aromatic N) is 1. The van der Waals surface area contributed by atoms with Crippen molar-refractivity contribution in [3.63, 3.8) is 0 Å². The van der Waals surface area contributed by atoms with Crippen LogP contribution in [0.3, 0.4) is 0 Å². The fraction of sp³-hybridized carbons (Fsp3) is 1.00. The number of likely N-dealkylation sites (tertiary alicyclic amines) is 1. The van der Waals surface area contributed by atoms with E-state index in [1.54, 1.807) is 0 Å². The summed E-state index contributed by atoms with van der Waals surface area (Å²) in [5.41, 5.74) is 0. The molecule has 3 nitrogen and oxygen atoms in total. The molecule has 0 aromatic heterocycles. The zero-order valence-electron chi connectivity index (χ0n) is 10.8. The third-order valence-corrected chi connectivity index (χ3v) is 4.65. The van der Waals surface area contributed by atoms with Gasteiger partial charge in [0.25, 0.3) is 0 Å². The minimum absolute atomic E-state index is 0.168. The minimum Gasteiger partial charge on any atom is -0.348 e. The van der Waals surface area contributed by atoms with E-state index in [9.17, 15) is 0 Å². The van der Waals surface area contributed by atoms with E-state index in [2.05, 4.69) is 4.90 Å². The molecule has 0 atom stereocenters. The first-order chi connectivity index (χ1) is 8.36. The van der Waals surface area contributed by atoms with Crippen LogP contribution >= 0.6 is 0 Å². The molecule has 1 spiro atoms. The van der Waals surface area contributed by atoms with Gasteiger partial charge in [0.05, 0.1) is 13.2 Å². The van der Waals surface area contributed by atoms with Crippen LogP contribution in [0.25, 0.3) is 0 Å². The van der Waals surface area contributed by atoms with Crippen LogP contribution in [-0.2, 0) is 9.47 Å². The van der Waals surface area contributed by atoms with Crippen LogP contribution in [0.2, 0.25) is 0 Å². The molecule has 0 amide bonds. The van der Waals surface area contributed by atoms with Crippen molar-refractivity contribution in [1.29, 1.82) is 0 Å². The first kappa shape index (κ1) is 11.9. The molecule has 3 fully saturated rings. The Labute approximate surface area is 104 Å². The van der Waals surface area contributed by atoms with Crippen molar-refractivity contribution in [2.24, 2.45) is 5.92 Å². The summed E-state index contributed by atoms with van der Waals surface area (Å²) < 4.78 is 11.6. The highest BCUT2D eigenvalue weighted by molar-refractivity contribution is 4.84. The number of piperidine rings is 1. The normalized spacial score (nSPS) is 31.1. The van der Waals surface area contributed by atoms with E-state index in [0.717, 1.165) is 32.0 Å². The summed E-state index contributed by atoms with van der Waals surface area (Å²) in [5, 5.41) is 0. The quantitative estimate of drug-likeness (QED) is 0.738. The SMILES string of the molecule is C1CCN(CC2CCC3(CC2)OCCO3)CC1. The Morgan fingerprint density at radius 3 is 2.24 bits per heavy atom. The van der Waals surface area contributed by atoms with Gasteiger partial charge in [0.15, 0.2) is 5.79 Å². The molecule has 98 valence electrons. The zero-order chi connectivity index (χ0) is 11.6. The van der Waals surface area contributed by atoms with E-state index in [4.69, 9.17) is 9.47 Å². The Morgan fingerprint density at radius 1 is 0.941 bits per heavy atom. The molecule has 0 aromatic rings. The van der Waals surface area contributed by atoms with Crippen LogP contribution in [0.4, 0.5) is 0 Å². The summed E-state index contributed by atoms with van der Waals surface area (Å²) >= 11 is 0. The average Bonchev–Trinajstić information content (AvgIpc) is 2.83. The van der Waals surface area contributed by atoms with Gasteiger partial charge < -0.3 is 14.4 Å². The summed E-state index contributed by atoms with van der Waals surface area (Å²) in [4.78, 5) is 2.67. The van der Waals surface area contributed by atoms with Gasteiger partial charge in [-0.25, -0.2) is 0 Å². The molecule has 2 heterocycles. The first-order valence-corrected chi connectivity index (χ1v) is 7.37. The molecule has 0 radical (unpaired) electrons. The fourth-order valence-corrected chi connectivity index (χ4v) is 3.59. The second-order valence-electron chi connectivity index (χ2n) is 5.91. The van der Waals surface area contributed by atoms with Crippen molar-refractivity contribution < 1.29 is 9.47 Å². The maximum absolute atomic E-state index is 5.78. The molecule has 2 aliphatic heterocycles. The maximum atomic E-state index is 5.78. The lowest BCUT2D eigenvalue weighted by atomic mass is 9.84. The molecule has 0 N–H and O–H groups in total. The van der Waals surface area contributed by atoms with Crippen molar-refractivity contribution >= 4 is 0 Å². The van der Waals surface area contributed by atoms with Crippen LogP contribution < -0.4 is 0 Å². The van der Waals surface area contributed by atoms with Gasteiger partial charge in [-0.2, -0.15) is 0 Å². The summed E-state index contributed by atoms with van der Waals surface area (Å²) in [7, 11) is 0. The summed E-state index contributed by atoms with van der Waals surface area (Å²) in [6.07, 6.45) is 9.06. The molecule has 17 heavy (non-hydrogen) atoms. The average molecular weight is 239 g/mol. The molecule has 3 rings (SSSR count). The summed E-state index contributed by atoms with van der Waals surface area (Å²) in [6, 6.07) is 0. The molecule has 0 unspecified atom stereocenters. The van der Waals surface area contributed by atoms with E-state index in [0.29, 0.717) is 0 Å². The largest absolute Gasteiger partial charge is 0.348 e. The molecule has 2 saturated heterocycles. The van der Waals surface area contributed by atoms with Crippen LogP contribution in [0.1, 0.15) is 44.9 Å². The van der Waals surface area contributed by atoms with Gasteiger partial charge in [-0.1, -0.05) is 6.42 Å². The summed E-state index contributed by atoms with van der Waals surface area (Å²) in [5.74, 6) is 0.713. The van der Waals surface area contributed by atoms with Crippen LogP contribution in [0.5, 0.6) is 0 Å². The lowest BCUT2D eigenvalue weighted by Crippen LogP contribution is -2.40. The predicted octanol–water partition coefficient (Wildman–Crippen LogP) is 2.41. The number of rotatable bonds is 2. The lowest BCUT2D eigenvalue weighted by molar-refractivity contribution is -0.183. The van der Waals surface area contributed by atoms with Gasteiger partial charge in [0, 0.05) is 19.4 Å². The molecular weight excluding hydrogens is 214 g/mol. The number of hydrogen-bond acceptors (Lipinski definition) is 3. The molecular formula is C14H25NO2. The smallest absolute Gasteiger partial charge is 0.168 e. The van der Waals surface area contributed by atoms with E-state index >= 15 is 0 Å². The van der Waals surface area contributed by atoms with Crippen molar-refractivity contribution in [2.75, 3.05) is 32.8 Å². The molecule has 0 aromatic carbocycles. The Balaban J connectivity index is 1.44.